The minimum absolute atomic E-state index is 0.105. The molecule has 0 saturated heterocycles. The molecule has 1 aromatic carbocycles. The van der Waals surface area contributed by atoms with Gasteiger partial charge in [-0.3, -0.25) is 35.9 Å². The van der Waals surface area contributed by atoms with Crippen molar-refractivity contribution in [3.63, 3.8) is 0 Å². The first-order valence-electron chi connectivity index (χ1n) is 7.43. The Kier molecular flexibility index (Phi) is 8.88. The highest BCUT2D eigenvalue weighted by molar-refractivity contribution is 7.80. The molecule has 0 aliphatic rings. The minimum Gasteiger partial charge on any atom is -0.484 e. The van der Waals surface area contributed by atoms with Gasteiger partial charge in [0, 0.05) is 24.3 Å². The van der Waals surface area contributed by atoms with Crippen LogP contribution in [0.25, 0.3) is 0 Å². The number of thiocarbonyl (C=S) groups is 1. The lowest BCUT2D eigenvalue weighted by Gasteiger charge is -2.10. The minimum atomic E-state index is -0.697. The van der Waals surface area contributed by atoms with Gasteiger partial charge in [-0.05, 0) is 31.3 Å². The number of ether oxygens (including phenoxy) is 2. The molecule has 0 radical (unpaired) electrons. The fourth-order valence-electron chi connectivity index (χ4n) is 1.49. The van der Waals surface area contributed by atoms with Crippen molar-refractivity contribution in [2.24, 2.45) is 0 Å². The van der Waals surface area contributed by atoms with Crippen LogP contribution in [0.4, 0.5) is 5.69 Å². The Morgan fingerprint density at radius 1 is 1.19 bits per heavy atom. The molecule has 11 nitrogen and oxygen atoms in total. The summed E-state index contributed by atoms with van der Waals surface area (Å²) in [6.45, 7) is 1.40. The van der Waals surface area contributed by atoms with Gasteiger partial charge in [-0.25, -0.2) is 4.79 Å². The predicted molar refractivity (Wildman–Crippen MR) is 96.4 cm³/mol. The number of benzene rings is 1. The highest BCUT2D eigenvalue weighted by Gasteiger charge is 2.07. The summed E-state index contributed by atoms with van der Waals surface area (Å²) in [6.07, 6.45) is 1.85. The van der Waals surface area contributed by atoms with Gasteiger partial charge in [0.2, 0.25) is 5.91 Å². The Labute approximate surface area is 158 Å². The normalized spacial score (nSPS) is 9.96. The average Bonchev–Trinajstić information content (AvgIpc) is 2.63. The quantitative estimate of drug-likeness (QED) is 0.192. The van der Waals surface area contributed by atoms with Gasteiger partial charge < -0.3 is 9.47 Å². The second kappa shape index (κ2) is 11.1. The second-order valence-electron chi connectivity index (χ2n) is 4.62. The number of hydrogen-bond donors (Lipinski definition) is 3. The Morgan fingerprint density at radius 2 is 1.85 bits per heavy atom. The van der Waals surface area contributed by atoms with Gasteiger partial charge in [-0.2, -0.15) is 0 Å². The summed E-state index contributed by atoms with van der Waals surface area (Å²) in [5.41, 5.74) is 4.34. The van der Waals surface area contributed by atoms with Crippen LogP contribution in [0.15, 0.2) is 36.4 Å². The Morgan fingerprint density at radius 3 is 2.44 bits per heavy atom. The number of non-ortho nitro benzene ring substituents is 1. The number of nitrogens with one attached hydrogen (secondary N) is 3. The van der Waals surface area contributed by atoms with Crippen molar-refractivity contribution in [1.29, 1.82) is 0 Å². The molecule has 12 heteroatoms. The number of carbonyl (C=O) groups is 3. The molecule has 3 N–H and O–H groups in total. The van der Waals surface area contributed by atoms with E-state index in [0.717, 1.165) is 12.2 Å². The van der Waals surface area contributed by atoms with E-state index in [9.17, 15) is 24.5 Å². The lowest BCUT2D eigenvalue weighted by atomic mass is 10.3. The van der Waals surface area contributed by atoms with E-state index in [1.807, 2.05) is 0 Å². The van der Waals surface area contributed by atoms with Crippen LogP contribution in [0.2, 0.25) is 0 Å². The molecule has 2 amide bonds. The van der Waals surface area contributed by atoms with Gasteiger partial charge in [-0.1, -0.05) is 0 Å². The van der Waals surface area contributed by atoms with Gasteiger partial charge in [0.25, 0.3) is 11.6 Å². The van der Waals surface area contributed by atoms with E-state index in [-0.39, 0.29) is 23.2 Å². The van der Waals surface area contributed by atoms with Gasteiger partial charge in [0.1, 0.15) is 5.75 Å². The van der Waals surface area contributed by atoms with Gasteiger partial charge in [0.15, 0.2) is 11.7 Å². The summed E-state index contributed by atoms with van der Waals surface area (Å²) in [5, 5.41) is 12.5. The second-order valence-corrected chi connectivity index (χ2v) is 5.02. The van der Waals surface area contributed by atoms with Crippen molar-refractivity contribution in [3.8, 4) is 5.75 Å². The fraction of sp³-hybridized carbons (Fsp3) is 0.200. The Hall–Kier alpha value is -3.54. The van der Waals surface area contributed by atoms with Gasteiger partial charge in [-0.15, -0.1) is 0 Å². The van der Waals surface area contributed by atoms with Crippen molar-refractivity contribution in [1.82, 2.24) is 16.2 Å². The highest BCUT2D eigenvalue weighted by Crippen LogP contribution is 2.16. The molecule has 0 heterocycles. The van der Waals surface area contributed by atoms with Crippen LogP contribution in [0, 0.1) is 10.1 Å². The molecular weight excluding hydrogens is 380 g/mol. The monoisotopic (exact) mass is 396 g/mol. The van der Waals surface area contributed by atoms with Gasteiger partial charge in [0.05, 0.1) is 11.5 Å². The SMILES string of the molecule is CCOC(=O)C=CC(=O)NC(=S)NNC(=O)COc1ccc([N+](=O)[O-])cc1. The molecule has 1 aromatic rings. The molecular formula is C15H16N4O7S. The topological polar surface area (TPSA) is 149 Å². The van der Waals surface area contributed by atoms with E-state index in [4.69, 9.17) is 17.0 Å². The van der Waals surface area contributed by atoms with E-state index in [0.29, 0.717) is 0 Å². The Bertz CT molecular complexity index is 749. The lowest BCUT2D eigenvalue weighted by Crippen LogP contribution is -2.49. The molecule has 0 spiro atoms. The molecule has 27 heavy (non-hydrogen) atoms. The third-order valence-corrected chi connectivity index (χ3v) is 2.83. The maximum absolute atomic E-state index is 11.6. The lowest BCUT2D eigenvalue weighted by molar-refractivity contribution is -0.384. The van der Waals surface area contributed by atoms with E-state index < -0.39 is 29.3 Å². The molecule has 0 aliphatic heterocycles. The van der Waals surface area contributed by atoms with Crippen LogP contribution in [-0.4, -0.2) is 41.0 Å². The summed E-state index contributed by atoms with van der Waals surface area (Å²) in [4.78, 5) is 44.1. The van der Waals surface area contributed by atoms with Crippen molar-refractivity contribution in [2.45, 2.75) is 6.92 Å². The molecule has 0 aliphatic carbocycles. The van der Waals surface area contributed by atoms with Crippen molar-refractivity contribution in [2.75, 3.05) is 13.2 Å². The summed E-state index contributed by atoms with van der Waals surface area (Å²) < 4.78 is 9.74. The van der Waals surface area contributed by atoms with E-state index >= 15 is 0 Å². The summed E-state index contributed by atoms with van der Waals surface area (Å²) in [6, 6.07) is 5.17. The van der Waals surface area contributed by atoms with Crippen molar-refractivity contribution < 1.29 is 28.8 Å². The number of nitro groups is 1. The zero-order chi connectivity index (χ0) is 20.2. The average molecular weight is 396 g/mol. The smallest absolute Gasteiger partial charge is 0.330 e. The zero-order valence-electron chi connectivity index (χ0n) is 14.1. The third kappa shape index (κ3) is 8.92. The number of nitrogens with zero attached hydrogens (tertiary/aromatic N) is 1. The number of hydrazine groups is 1. The molecule has 1 rings (SSSR count). The number of hydrogen-bond acceptors (Lipinski definition) is 8. The summed E-state index contributed by atoms with van der Waals surface area (Å²) in [7, 11) is 0. The van der Waals surface area contributed by atoms with Crippen LogP contribution in [0.1, 0.15) is 6.92 Å². The number of carbonyl (C=O) groups excluding carboxylic acids is 3. The number of nitro benzene ring substituents is 1. The summed E-state index contributed by atoms with van der Waals surface area (Å²) in [5.74, 6) is -1.73. The largest absolute Gasteiger partial charge is 0.484 e. The first-order valence-corrected chi connectivity index (χ1v) is 7.84. The molecule has 0 unspecified atom stereocenters. The van der Waals surface area contributed by atoms with Crippen LogP contribution in [0.3, 0.4) is 0 Å². The molecule has 144 valence electrons. The third-order valence-electron chi connectivity index (χ3n) is 2.63. The first kappa shape index (κ1) is 21.5. The van der Waals surface area contributed by atoms with Crippen LogP contribution < -0.4 is 20.9 Å². The van der Waals surface area contributed by atoms with Crippen LogP contribution in [0.5, 0.6) is 5.75 Å². The zero-order valence-corrected chi connectivity index (χ0v) is 14.9. The number of rotatable bonds is 7. The van der Waals surface area contributed by atoms with Crippen LogP contribution in [-0.2, 0) is 19.1 Å². The van der Waals surface area contributed by atoms with E-state index in [2.05, 4.69) is 20.9 Å². The maximum Gasteiger partial charge on any atom is 0.330 e. The molecule has 0 fully saturated rings. The van der Waals surface area contributed by atoms with Crippen LogP contribution >= 0.6 is 12.2 Å². The standard InChI is InChI=1S/C15H16N4O7S/c1-2-25-14(22)8-7-12(20)16-15(27)18-17-13(21)9-26-11-5-3-10(4-6-11)19(23)24/h3-8H,2,9H2,1H3,(H,17,21)(H2,16,18,20,27). The fourth-order valence-corrected chi connectivity index (χ4v) is 1.65. The highest BCUT2D eigenvalue weighted by atomic mass is 32.1. The maximum atomic E-state index is 11.6. The molecule has 0 atom stereocenters. The van der Waals surface area contributed by atoms with E-state index in [1.54, 1.807) is 6.92 Å². The van der Waals surface area contributed by atoms with Crippen molar-refractivity contribution in [3.05, 3.63) is 46.5 Å². The van der Waals surface area contributed by atoms with Crippen molar-refractivity contribution >= 4 is 40.8 Å². The first-order chi connectivity index (χ1) is 12.8. The molecule has 0 aromatic heterocycles. The van der Waals surface area contributed by atoms with E-state index in [1.165, 1.54) is 24.3 Å². The van der Waals surface area contributed by atoms with Gasteiger partial charge >= 0.3 is 5.97 Å². The molecule has 0 bridgehead atoms. The predicted octanol–water partition coefficient (Wildman–Crippen LogP) is 0.115. The number of esters is 1. The molecule has 0 saturated carbocycles. The number of amides is 2. The summed E-state index contributed by atoms with van der Waals surface area (Å²) >= 11 is 4.78. The Balaban J connectivity index is 2.30.